The van der Waals surface area contributed by atoms with Crippen molar-refractivity contribution >= 4 is 0 Å². The van der Waals surface area contributed by atoms with E-state index in [1.54, 1.807) is 0 Å². The van der Waals surface area contributed by atoms with Gasteiger partial charge in [-0.2, -0.15) is 0 Å². The number of fused-ring (bicyclic) bond motifs is 1. The SMILES string of the molecule is N[C@@H]1CC[C@@H]2C[C@H]2C1. The second-order valence-electron chi connectivity index (χ2n) is 3.33. The van der Waals surface area contributed by atoms with E-state index in [-0.39, 0.29) is 0 Å². The van der Waals surface area contributed by atoms with Crippen LogP contribution in [0.1, 0.15) is 25.7 Å². The van der Waals surface area contributed by atoms with Gasteiger partial charge < -0.3 is 5.73 Å². The molecule has 0 radical (unpaired) electrons. The largest absolute Gasteiger partial charge is 0.328 e. The summed E-state index contributed by atoms with van der Waals surface area (Å²) in [5, 5.41) is 0. The minimum absolute atomic E-state index is 0.554. The first-order valence-electron chi connectivity index (χ1n) is 3.62. The van der Waals surface area contributed by atoms with Crippen LogP contribution in [0, 0.1) is 11.8 Å². The predicted molar refractivity (Wildman–Crippen MR) is 33.4 cm³/mol. The Kier molecular flexibility index (Phi) is 0.884. The average Bonchev–Trinajstić information content (AvgIpc) is 2.43. The van der Waals surface area contributed by atoms with Gasteiger partial charge in [-0.25, -0.2) is 0 Å². The number of rotatable bonds is 0. The lowest BCUT2D eigenvalue weighted by molar-refractivity contribution is 0.422. The predicted octanol–water partition coefficient (Wildman–Crippen LogP) is 1.13. The lowest BCUT2D eigenvalue weighted by Crippen LogP contribution is -2.23. The Labute approximate surface area is 50.3 Å². The fourth-order valence-corrected chi connectivity index (χ4v) is 1.89. The number of hydrogen-bond donors (Lipinski definition) is 1. The van der Waals surface area contributed by atoms with Crippen molar-refractivity contribution in [3.8, 4) is 0 Å². The summed E-state index contributed by atoms with van der Waals surface area (Å²) in [6.45, 7) is 0. The number of nitrogens with two attached hydrogens (primary N) is 1. The highest BCUT2D eigenvalue weighted by atomic mass is 14.7. The van der Waals surface area contributed by atoms with Crippen LogP contribution in [0.5, 0.6) is 0 Å². The molecule has 1 nitrogen and oxygen atoms in total. The Hall–Kier alpha value is -0.0400. The van der Waals surface area contributed by atoms with Crippen molar-refractivity contribution in [3.63, 3.8) is 0 Å². The van der Waals surface area contributed by atoms with Gasteiger partial charge in [0.1, 0.15) is 0 Å². The summed E-state index contributed by atoms with van der Waals surface area (Å²) < 4.78 is 0. The van der Waals surface area contributed by atoms with Crippen molar-refractivity contribution in [2.24, 2.45) is 17.6 Å². The van der Waals surface area contributed by atoms with Gasteiger partial charge in [0.15, 0.2) is 0 Å². The molecule has 3 atom stereocenters. The van der Waals surface area contributed by atoms with Gasteiger partial charge in [0.25, 0.3) is 0 Å². The Morgan fingerprint density at radius 3 is 2.50 bits per heavy atom. The molecule has 46 valence electrons. The third-order valence-corrected chi connectivity index (χ3v) is 2.58. The van der Waals surface area contributed by atoms with Crippen LogP contribution in [0.15, 0.2) is 0 Å². The summed E-state index contributed by atoms with van der Waals surface area (Å²) in [6.07, 6.45) is 5.53. The molecule has 2 N–H and O–H groups in total. The molecular weight excluding hydrogens is 98.1 g/mol. The zero-order chi connectivity index (χ0) is 5.56. The fourth-order valence-electron chi connectivity index (χ4n) is 1.89. The molecule has 2 aliphatic rings. The lowest BCUT2D eigenvalue weighted by Gasteiger charge is -2.15. The molecule has 0 aromatic heterocycles. The molecule has 2 aliphatic carbocycles. The minimum Gasteiger partial charge on any atom is -0.328 e. The third kappa shape index (κ3) is 0.655. The zero-order valence-corrected chi connectivity index (χ0v) is 5.14. The first-order valence-corrected chi connectivity index (χ1v) is 3.62. The maximum absolute atomic E-state index is 5.75. The van der Waals surface area contributed by atoms with Crippen molar-refractivity contribution in [3.05, 3.63) is 0 Å². The van der Waals surface area contributed by atoms with Crippen LogP contribution in [-0.2, 0) is 0 Å². The average molecular weight is 111 g/mol. The van der Waals surface area contributed by atoms with Gasteiger partial charge in [-0.3, -0.25) is 0 Å². The summed E-state index contributed by atoms with van der Waals surface area (Å²) in [5.41, 5.74) is 5.75. The second-order valence-corrected chi connectivity index (χ2v) is 3.33. The first-order chi connectivity index (χ1) is 3.86. The molecule has 0 unspecified atom stereocenters. The van der Waals surface area contributed by atoms with Gasteiger partial charge >= 0.3 is 0 Å². The lowest BCUT2D eigenvalue weighted by atomic mass is 9.97. The van der Waals surface area contributed by atoms with Gasteiger partial charge in [-0.1, -0.05) is 0 Å². The molecule has 2 fully saturated rings. The quantitative estimate of drug-likeness (QED) is 0.498. The molecule has 2 saturated carbocycles. The van der Waals surface area contributed by atoms with Gasteiger partial charge in [0.05, 0.1) is 0 Å². The molecule has 0 spiro atoms. The molecule has 0 aromatic carbocycles. The summed E-state index contributed by atoms with van der Waals surface area (Å²) >= 11 is 0. The zero-order valence-electron chi connectivity index (χ0n) is 5.14. The standard InChI is InChI=1S/C7H13N/c8-7-2-1-5-3-6(5)4-7/h5-7H,1-4,8H2/t5-,6+,7-/m1/s1. The summed E-state index contributed by atoms with van der Waals surface area (Å²) in [6, 6.07) is 0.554. The fraction of sp³-hybridized carbons (Fsp3) is 1.00. The highest BCUT2D eigenvalue weighted by Crippen LogP contribution is 2.48. The van der Waals surface area contributed by atoms with Gasteiger partial charge in [0.2, 0.25) is 0 Å². The van der Waals surface area contributed by atoms with Gasteiger partial charge in [-0.05, 0) is 37.5 Å². The van der Waals surface area contributed by atoms with E-state index >= 15 is 0 Å². The van der Waals surface area contributed by atoms with E-state index in [9.17, 15) is 0 Å². The minimum atomic E-state index is 0.554. The van der Waals surface area contributed by atoms with E-state index in [1.165, 1.54) is 25.7 Å². The molecule has 0 aromatic rings. The van der Waals surface area contributed by atoms with Crippen LogP contribution in [0.25, 0.3) is 0 Å². The molecule has 1 heteroatoms. The van der Waals surface area contributed by atoms with Crippen LogP contribution < -0.4 is 5.73 Å². The van der Waals surface area contributed by atoms with Gasteiger partial charge in [0, 0.05) is 6.04 Å². The Bertz CT molecular complexity index is 101. The van der Waals surface area contributed by atoms with E-state index in [0.29, 0.717) is 6.04 Å². The van der Waals surface area contributed by atoms with Crippen LogP contribution in [0.3, 0.4) is 0 Å². The van der Waals surface area contributed by atoms with Gasteiger partial charge in [-0.15, -0.1) is 0 Å². The molecule has 0 aliphatic heterocycles. The van der Waals surface area contributed by atoms with E-state index in [2.05, 4.69) is 0 Å². The molecule has 0 bridgehead atoms. The van der Waals surface area contributed by atoms with Crippen molar-refractivity contribution in [2.75, 3.05) is 0 Å². The molecule has 0 amide bonds. The third-order valence-electron chi connectivity index (χ3n) is 2.58. The second kappa shape index (κ2) is 1.47. The van der Waals surface area contributed by atoms with Crippen molar-refractivity contribution < 1.29 is 0 Å². The maximum atomic E-state index is 5.75. The Morgan fingerprint density at radius 2 is 1.88 bits per heavy atom. The smallest absolute Gasteiger partial charge is 0.00416 e. The topological polar surface area (TPSA) is 26.0 Å². The summed E-state index contributed by atoms with van der Waals surface area (Å²) in [4.78, 5) is 0. The van der Waals surface area contributed by atoms with Crippen LogP contribution in [0.4, 0.5) is 0 Å². The number of hydrogen-bond acceptors (Lipinski definition) is 1. The van der Waals surface area contributed by atoms with Crippen LogP contribution in [0.2, 0.25) is 0 Å². The van der Waals surface area contributed by atoms with E-state index < -0.39 is 0 Å². The van der Waals surface area contributed by atoms with E-state index in [4.69, 9.17) is 5.73 Å². The van der Waals surface area contributed by atoms with Crippen LogP contribution in [-0.4, -0.2) is 6.04 Å². The highest BCUT2D eigenvalue weighted by Gasteiger charge is 2.40. The van der Waals surface area contributed by atoms with Crippen LogP contribution >= 0.6 is 0 Å². The van der Waals surface area contributed by atoms with E-state index in [0.717, 1.165) is 11.8 Å². The Morgan fingerprint density at radius 1 is 1.00 bits per heavy atom. The van der Waals surface area contributed by atoms with Crippen molar-refractivity contribution in [2.45, 2.75) is 31.7 Å². The normalized spacial score (nSPS) is 52.9. The summed E-state index contributed by atoms with van der Waals surface area (Å²) in [5.74, 6) is 2.16. The molecule has 2 rings (SSSR count). The maximum Gasteiger partial charge on any atom is 0.00416 e. The Balaban J connectivity index is 1.93. The molecule has 8 heavy (non-hydrogen) atoms. The van der Waals surface area contributed by atoms with Crippen molar-refractivity contribution in [1.82, 2.24) is 0 Å². The summed E-state index contributed by atoms with van der Waals surface area (Å²) in [7, 11) is 0. The highest BCUT2D eigenvalue weighted by molar-refractivity contribution is 4.93. The van der Waals surface area contributed by atoms with Crippen molar-refractivity contribution in [1.29, 1.82) is 0 Å². The monoisotopic (exact) mass is 111 g/mol. The first kappa shape index (κ1) is 4.80. The molecule has 0 heterocycles. The molecule has 0 saturated heterocycles. The van der Waals surface area contributed by atoms with E-state index in [1.807, 2.05) is 0 Å². The molecular formula is C7H13N.